The van der Waals surface area contributed by atoms with Crippen molar-refractivity contribution in [3.63, 3.8) is 0 Å². The summed E-state index contributed by atoms with van der Waals surface area (Å²) in [6.07, 6.45) is 1.24. The van der Waals surface area contributed by atoms with E-state index in [2.05, 4.69) is 49.2 Å². The van der Waals surface area contributed by atoms with Crippen LogP contribution in [0.4, 0.5) is 5.69 Å². The van der Waals surface area contributed by atoms with Crippen molar-refractivity contribution in [3.05, 3.63) is 29.3 Å². The number of hydrogen-bond acceptors (Lipinski definition) is 3. The Hall–Kier alpha value is -1.06. The summed E-state index contributed by atoms with van der Waals surface area (Å²) < 4.78 is 5.28. The Morgan fingerprint density at radius 2 is 2.20 bits per heavy atom. The first-order valence-electron chi connectivity index (χ1n) is 7.67. The summed E-state index contributed by atoms with van der Waals surface area (Å²) in [6, 6.07) is 7.38. The van der Waals surface area contributed by atoms with Gasteiger partial charge in [-0.25, -0.2) is 0 Å². The number of benzene rings is 1. The van der Waals surface area contributed by atoms with Crippen LogP contribution in [0.1, 0.15) is 31.4 Å². The van der Waals surface area contributed by atoms with Crippen LogP contribution in [0, 0.1) is 12.8 Å². The molecule has 0 spiro atoms. The van der Waals surface area contributed by atoms with Crippen molar-refractivity contribution in [2.75, 3.05) is 31.7 Å². The minimum atomic E-state index is 0.531. The van der Waals surface area contributed by atoms with Gasteiger partial charge in [0.15, 0.2) is 0 Å². The Labute approximate surface area is 123 Å². The van der Waals surface area contributed by atoms with E-state index in [0.717, 1.165) is 26.2 Å². The van der Waals surface area contributed by atoms with E-state index >= 15 is 0 Å². The van der Waals surface area contributed by atoms with Gasteiger partial charge in [0.1, 0.15) is 0 Å². The maximum absolute atomic E-state index is 5.28. The largest absolute Gasteiger partial charge is 0.384 e. The zero-order chi connectivity index (χ0) is 14.5. The number of hydrogen-bond donors (Lipinski definition) is 1. The van der Waals surface area contributed by atoms with Gasteiger partial charge in [0.2, 0.25) is 0 Å². The molecule has 20 heavy (non-hydrogen) atoms. The predicted octanol–water partition coefficient (Wildman–Crippen LogP) is 2.97. The number of anilines is 1. The van der Waals surface area contributed by atoms with E-state index in [9.17, 15) is 0 Å². The second-order valence-electron chi connectivity index (χ2n) is 6.21. The van der Waals surface area contributed by atoms with Gasteiger partial charge in [-0.2, -0.15) is 0 Å². The van der Waals surface area contributed by atoms with Crippen LogP contribution in [0.5, 0.6) is 0 Å². The normalized spacial score (nSPS) is 19.1. The molecule has 1 atom stereocenters. The SMILES string of the molecule is COCC1CCN(c2ccc(CNC(C)C)cc2C)C1. The fraction of sp³-hybridized carbons (Fsp3) is 0.647. The van der Waals surface area contributed by atoms with Crippen LogP contribution in [0.3, 0.4) is 0 Å². The number of rotatable bonds is 6. The molecule has 1 aromatic rings. The van der Waals surface area contributed by atoms with Gasteiger partial charge in [0.05, 0.1) is 6.61 Å². The highest BCUT2D eigenvalue weighted by atomic mass is 16.5. The number of aryl methyl sites for hydroxylation is 1. The minimum absolute atomic E-state index is 0.531. The molecule has 0 saturated carbocycles. The third-order valence-electron chi connectivity index (χ3n) is 4.00. The van der Waals surface area contributed by atoms with Crippen molar-refractivity contribution in [1.29, 1.82) is 0 Å². The first kappa shape index (κ1) is 15.3. The Balaban J connectivity index is 1.99. The number of nitrogens with one attached hydrogen (secondary N) is 1. The number of nitrogens with zero attached hydrogens (tertiary/aromatic N) is 1. The van der Waals surface area contributed by atoms with E-state index in [4.69, 9.17) is 4.74 Å². The van der Waals surface area contributed by atoms with E-state index in [1.54, 1.807) is 7.11 Å². The standard InChI is InChI=1S/C17H28N2O/c1-13(2)18-10-15-5-6-17(14(3)9-15)19-8-7-16(11-19)12-20-4/h5-6,9,13,16,18H,7-8,10-12H2,1-4H3. The van der Waals surface area contributed by atoms with Crippen molar-refractivity contribution in [2.24, 2.45) is 5.92 Å². The lowest BCUT2D eigenvalue weighted by Gasteiger charge is -2.22. The van der Waals surface area contributed by atoms with E-state index in [0.29, 0.717) is 12.0 Å². The topological polar surface area (TPSA) is 24.5 Å². The van der Waals surface area contributed by atoms with Crippen molar-refractivity contribution in [1.82, 2.24) is 5.32 Å². The van der Waals surface area contributed by atoms with E-state index in [-0.39, 0.29) is 0 Å². The summed E-state index contributed by atoms with van der Waals surface area (Å²) in [5, 5.41) is 3.47. The molecule has 3 heteroatoms. The zero-order valence-corrected chi connectivity index (χ0v) is 13.3. The molecule has 1 aliphatic rings. The van der Waals surface area contributed by atoms with Crippen LogP contribution in [-0.4, -0.2) is 32.8 Å². The summed E-state index contributed by atoms with van der Waals surface area (Å²) in [7, 11) is 1.80. The van der Waals surface area contributed by atoms with Crippen LogP contribution in [-0.2, 0) is 11.3 Å². The Morgan fingerprint density at radius 3 is 2.85 bits per heavy atom. The van der Waals surface area contributed by atoms with E-state index < -0.39 is 0 Å². The molecule has 3 nitrogen and oxygen atoms in total. The first-order chi connectivity index (χ1) is 9.60. The maximum atomic E-state index is 5.28. The van der Waals surface area contributed by atoms with Crippen LogP contribution >= 0.6 is 0 Å². The molecule has 1 unspecified atom stereocenters. The van der Waals surface area contributed by atoms with Gasteiger partial charge >= 0.3 is 0 Å². The average Bonchev–Trinajstić information content (AvgIpc) is 2.85. The van der Waals surface area contributed by atoms with Crippen molar-refractivity contribution in [2.45, 2.75) is 39.8 Å². The molecule has 1 N–H and O–H groups in total. The minimum Gasteiger partial charge on any atom is -0.384 e. The van der Waals surface area contributed by atoms with Crippen molar-refractivity contribution < 1.29 is 4.74 Å². The number of ether oxygens (including phenoxy) is 1. The maximum Gasteiger partial charge on any atom is 0.0508 e. The second-order valence-corrected chi connectivity index (χ2v) is 6.21. The summed E-state index contributed by atoms with van der Waals surface area (Å²) in [5.41, 5.74) is 4.13. The van der Waals surface area contributed by atoms with Crippen molar-refractivity contribution in [3.8, 4) is 0 Å². The van der Waals surface area contributed by atoms with Gasteiger partial charge in [0, 0.05) is 44.4 Å². The lowest BCUT2D eigenvalue weighted by atomic mass is 10.1. The summed E-state index contributed by atoms with van der Waals surface area (Å²) in [5.74, 6) is 0.682. The van der Waals surface area contributed by atoms with E-state index in [1.807, 2.05) is 0 Å². The van der Waals surface area contributed by atoms with Gasteiger partial charge in [-0.05, 0) is 30.5 Å². The Bertz CT molecular complexity index is 431. The second kappa shape index (κ2) is 7.09. The highest BCUT2D eigenvalue weighted by Gasteiger charge is 2.23. The smallest absolute Gasteiger partial charge is 0.0508 e. The third-order valence-corrected chi connectivity index (χ3v) is 4.00. The molecular formula is C17H28N2O. The van der Waals surface area contributed by atoms with Gasteiger partial charge in [-0.15, -0.1) is 0 Å². The molecule has 0 amide bonds. The molecule has 0 bridgehead atoms. The fourth-order valence-electron chi connectivity index (χ4n) is 2.93. The van der Waals surface area contributed by atoms with Crippen molar-refractivity contribution >= 4 is 5.69 Å². The molecule has 0 aliphatic carbocycles. The molecule has 1 aliphatic heterocycles. The molecule has 1 fully saturated rings. The van der Waals surface area contributed by atoms with Gasteiger partial charge in [-0.1, -0.05) is 26.0 Å². The lowest BCUT2D eigenvalue weighted by molar-refractivity contribution is 0.161. The molecule has 1 aromatic carbocycles. The lowest BCUT2D eigenvalue weighted by Crippen LogP contribution is -2.23. The monoisotopic (exact) mass is 276 g/mol. The van der Waals surface area contributed by atoms with Crippen LogP contribution in [0.25, 0.3) is 0 Å². The molecule has 1 saturated heterocycles. The van der Waals surface area contributed by atoms with Gasteiger partial charge in [-0.3, -0.25) is 0 Å². The van der Waals surface area contributed by atoms with Crippen LogP contribution in [0.15, 0.2) is 18.2 Å². The molecule has 0 aromatic heterocycles. The van der Waals surface area contributed by atoms with Gasteiger partial charge < -0.3 is 15.0 Å². The third kappa shape index (κ3) is 3.97. The predicted molar refractivity (Wildman–Crippen MR) is 85.4 cm³/mol. The summed E-state index contributed by atoms with van der Waals surface area (Å²) >= 11 is 0. The van der Waals surface area contributed by atoms with Crippen LogP contribution < -0.4 is 10.2 Å². The summed E-state index contributed by atoms with van der Waals surface area (Å²) in [6.45, 7) is 10.7. The highest BCUT2D eigenvalue weighted by Crippen LogP contribution is 2.27. The van der Waals surface area contributed by atoms with Crippen LogP contribution in [0.2, 0.25) is 0 Å². The van der Waals surface area contributed by atoms with Gasteiger partial charge in [0.25, 0.3) is 0 Å². The average molecular weight is 276 g/mol. The summed E-state index contributed by atoms with van der Waals surface area (Å²) in [4.78, 5) is 2.50. The highest BCUT2D eigenvalue weighted by molar-refractivity contribution is 5.55. The Kier molecular flexibility index (Phi) is 5.44. The first-order valence-corrected chi connectivity index (χ1v) is 7.67. The Morgan fingerprint density at radius 1 is 1.40 bits per heavy atom. The fourth-order valence-corrected chi connectivity index (χ4v) is 2.93. The molecular weight excluding hydrogens is 248 g/mol. The zero-order valence-electron chi connectivity index (χ0n) is 13.3. The van der Waals surface area contributed by atoms with E-state index in [1.165, 1.54) is 23.2 Å². The molecule has 112 valence electrons. The molecule has 2 rings (SSSR count). The quantitative estimate of drug-likeness (QED) is 0.864. The molecule has 1 heterocycles. The number of methoxy groups -OCH3 is 1. The molecule has 0 radical (unpaired) electrons.